The average Bonchev–Trinajstić information content (AvgIpc) is 2.97. The summed E-state index contributed by atoms with van der Waals surface area (Å²) >= 11 is 3.47. The highest BCUT2D eigenvalue weighted by atomic mass is 79.9. The summed E-state index contributed by atoms with van der Waals surface area (Å²) in [5.74, 6) is 1.83. The number of fused-ring (bicyclic) bond motifs is 1. The van der Waals surface area contributed by atoms with Crippen molar-refractivity contribution in [2.75, 3.05) is 6.54 Å². The molecule has 0 bridgehead atoms. The van der Waals surface area contributed by atoms with Crippen LogP contribution in [0.25, 0.3) is 0 Å². The second kappa shape index (κ2) is 5.12. The molecule has 5 heteroatoms. The van der Waals surface area contributed by atoms with E-state index in [1.165, 1.54) is 5.56 Å². The number of rotatable bonds is 4. The van der Waals surface area contributed by atoms with E-state index in [1.807, 2.05) is 18.2 Å². The fourth-order valence-corrected chi connectivity index (χ4v) is 2.50. The van der Waals surface area contributed by atoms with Crippen LogP contribution in [0.15, 0.2) is 39.5 Å². The maximum atomic E-state index is 5.85. The summed E-state index contributed by atoms with van der Waals surface area (Å²) < 4.78 is 12.0. The van der Waals surface area contributed by atoms with E-state index in [4.69, 9.17) is 9.26 Å². The summed E-state index contributed by atoms with van der Waals surface area (Å²) in [4.78, 5) is 0. The van der Waals surface area contributed by atoms with Gasteiger partial charge in [-0.05, 0) is 23.8 Å². The lowest BCUT2D eigenvalue weighted by Crippen LogP contribution is -2.29. The van der Waals surface area contributed by atoms with Gasteiger partial charge in [0, 0.05) is 23.5 Å². The summed E-state index contributed by atoms with van der Waals surface area (Å²) in [5, 5.41) is 6.97. The first-order chi connectivity index (χ1) is 8.81. The minimum atomic E-state index is 0.192. The van der Waals surface area contributed by atoms with E-state index in [9.17, 15) is 0 Å². The van der Waals surface area contributed by atoms with Crippen molar-refractivity contribution in [3.63, 3.8) is 0 Å². The molecule has 3 rings (SSSR count). The summed E-state index contributed by atoms with van der Waals surface area (Å²) in [7, 11) is 0. The monoisotopic (exact) mass is 308 g/mol. The Bertz CT molecular complexity index is 528. The van der Waals surface area contributed by atoms with Crippen LogP contribution in [0.5, 0.6) is 5.75 Å². The van der Waals surface area contributed by atoms with E-state index in [0.717, 1.165) is 28.9 Å². The first-order valence-electron chi connectivity index (χ1n) is 5.86. The zero-order valence-electron chi connectivity index (χ0n) is 9.73. The maximum Gasteiger partial charge on any atom is 0.150 e. The van der Waals surface area contributed by atoms with Crippen molar-refractivity contribution in [1.82, 2.24) is 10.5 Å². The molecule has 0 fully saturated rings. The standard InChI is InChI=1S/C13H13BrN2O2/c14-10-1-2-13-9(5-10)6-12(17-13)8-15-7-11-3-4-16-18-11/h1-5,12,15H,6-8H2. The minimum Gasteiger partial charge on any atom is -0.488 e. The Kier molecular flexibility index (Phi) is 3.34. The molecule has 0 saturated heterocycles. The number of nitrogens with one attached hydrogen (secondary N) is 1. The third-order valence-electron chi connectivity index (χ3n) is 2.93. The summed E-state index contributed by atoms with van der Waals surface area (Å²) in [6.07, 6.45) is 2.78. The average molecular weight is 309 g/mol. The molecule has 0 radical (unpaired) electrons. The fraction of sp³-hybridized carbons (Fsp3) is 0.308. The largest absolute Gasteiger partial charge is 0.488 e. The van der Waals surface area contributed by atoms with Crippen LogP contribution in [-0.4, -0.2) is 17.8 Å². The van der Waals surface area contributed by atoms with Gasteiger partial charge in [-0.25, -0.2) is 0 Å². The van der Waals surface area contributed by atoms with Crippen molar-refractivity contribution in [2.45, 2.75) is 19.1 Å². The number of benzene rings is 1. The highest BCUT2D eigenvalue weighted by Crippen LogP contribution is 2.30. The number of halogens is 1. The maximum absolute atomic E-state index is 5.85. The van der Waals surface area contributed by atoms with E-state index in [0.29, 0.717) is 6.54 Å². The van der Waals surface area contributed by atoms with Crippen LogP contribution in [-0.2, 0) is 13.0 Å². The molecule has 2 heterocycles. The first kappa shape index (κ1) is 11.7. The predicted molar refractivity (Wildman–Crippen MR) is 70.5 cm³/mol. The molecule has 1 unspecified atom stereocenters. The van der Waals surface area contributed by atoms with Crippen LogP contribution in [0.1, 0.15) is 11.3 Å². The van der Waals surface area contributed by atoms with Crippen LogP contribution >= 0.6 is 15.9 Å². The number of hydrogen-bond donors (Lipinski definition) is 1. The Morgan fingerprint density at radius 3 is 3.17 bits per heavy atom. The molecular formula is C13H13BrN2O2. The number of aromatic nitrogens is 1. The van der Waals surface area contributed by atoms with Gasteiger partial charge in [0.1, 0.15) is 17.6 Å². The summed E-state index contributed by atoms with van der Waals surface area (Å²) in [6.45, 7) is 1.48. The third-order valence-corrected chi connectivity index (χ3v) is 3.42. The highest BCUT2D eigenvalue weighted by molar-refractivity contribution is 9.10. The zero-order chi connectivity index (χ0) is 12.4. The van der Waals surface area contributed by atoms with Gasteiger partial charge in [0.05, 0.1) is 12.7 Å². The molecule has 2 aromatic rings. The van der Waals surface area contributed by atoms with E-state index in [2.05, 4.69) is 32.5 Å². The van der Waals surface area contributed by atoms with Crippen molar-refractivity contribution in [1.29, 1.82) is 0 Å². The lowest BCUT2D eigenvalue weighted by atomic mass is 10.1. The third kappa shape index (κ3) is 2.57. The van der Waals surface area contributed by atoms with Crippen LogP contribution in [0.4, 0.5) is 0 Å². The molecule has 1 atom stereocenters. The van der Waals surface area contributed by atoms with Crippen LogP contribution in [0, 0.1) is 0 Å². The van der Waals surface area contributed by atoms with E-state index in [1.54, 1.807) is 6.20 Å². The molecule has 1 aromatic carbocycles. The second-order valence-corrected chi connectivity index (χ2v) is 5.22. The minimum absolute atomic E-state index is 0.192. The molecule has 0 saturated carbocycles. The summed E-state index contributed by atoms with van der Waals surface area (Å²) in [5.41, 5.74) is 1.26. The van der Waals surface area contributed by atoms with E-state index >= 15 is 0 Å². The van der Waals surface area contributed by atoms with Crippen molar-refractivity contribution < 1.29 is 9.26 Å². The predicted octanol–water partition coefficient (Wildman–Crippen LogP) is 2.53. The van der Waals surface area contributed by atoms with E-state index < -0.39 is 0 Å². The van der Waals surface area contributed by atoms with Gasteiger partial charge in [0.15, 0.2) is 0 Å². The van der Waals surface area contributed by atoms with Gasteiger partial charge in [0.2, 0.25) is 0 Å². The molecule has 1 aliphatic rings. The Morgan fingerprint density at radius 2 is 2.33 bits per heavy atom. The van der Waals surface area contributed by atoms with Crippen LogP contribution < -0.4 is 10.1 Å². The van der Waals surface area contributed by atoms with Gasteiger partial charge >= 0.3 is 0 Å². The molecule has 4 nitrogen and oxygen atoms in total. The molecule has 1 aromatic heterocycles. The Hall–Kier alpha value is -1.33. The van der Waals surface area contributed by atoms with Crippen LogP contribution in [0.2, 0.25) is 0 Å². The van der Waals surface area contributed by atoms with Gasteiger partial charge in [-0.2, -0.15) is 0 Å². The Balaban J connectivity index is 1.52. The van der Waals surface area contributed by atoms with Crippen molar-refractivity contribution >= 4 is 15.9 Å². The van der Waals surface area contributed by atoms with Crippen molar-refractivity contribution in [3.05, 3.63) is 46.3 Å². The summed E-state index contributed by atoms with van der Waals surface area (Å²) in [6, 6.07) is 7.99. The molecule has 1 N–H and O–H groups in total. The lowest BCUT2D eigenvalue weighted by molar-refractivity contribution is 0.225. The highest BCUT2D eigenvalue weighted by Gasteiger charge is 2.22. The van der Waals surface area contributed by atoms with Gasteiger partial charge in [-0.15, -0.1) is 0 Å². The molecular weight excluding hydrogens is 296 g/mol. The molecule has 0 spiro atoms. The lowest BCUT2D eigenvalue weighted by Gasteiger charge is -2.10. The quantitative estimate of drug-likeness (QED) is 0.943. The van der Waals surface area contributed by atoms with Crippen molar-refractivity contribution in [2.24, 2.45) is 0 Å². The Morgan fingerprint density at radius 1 is 1.39 bits per heavy atom. The molecule has 0 aliphatic carbocycles. The molecule has 0 amide bonds. The number of ether oxygens (including phenoxy) is 1. The van der Waals surface area contributed by atoms with Gasteiger partial charge in [-0.1, -0.05) is 21.1 Å². The molecule has 1 aliphatic heterocycles. The number of nitrogens with zero attached hydrogens (tertiary/aromatic N) is 1. The molecule has 94 valence electrons. The van der Waals surface area contributed by atoms with Gasteiger partial charge < -0.3 is 14.6 Å². The number of hydrogen-bond acceptors (Lipinski definition) is 4. The molecule has 18 heavy (non-hydrogen) atoms. The topological polar surface area (TPSA) is 47.3 Å². The smallest absolute Gasteiger partial charge is 0.150 e. The van der Waals surface area contributed by atoms with Gasteiger partial charge in [-0.3, -0.25) is 0 Å². The first-order valence-corrected chi connectivity index (χ1v) is 6.66. The van der Waals surface area contributed by atoms with E-state index in [-0.39, 0.29) is 6.10 Å². The van der Waals surface area contributed by atoms with Gasteiger partial charge in [0.25, 0.3) is 0 Å². The Labute approximate surface area is 113 Å². The normalized spacial score (nSPS) is 17.5. The zero-order valence-corrected chi connectivity index (χ0v) is 11.3. The second-order valence-electron chi connectivity index (χ2n) is 4.31. The fourth-order valence-electron chi connectivity index (χ4n) is 2.09. The van der Waals surface area contributed by atoms with Crippen LogP contribution in [0.3, 0.4) is 0 Å². The SMILES string of the molecule is Brc1ccc2c(c1)CC(CNCc1ccno1)O2. The van der Waals surface area contributed by atoms with Crippen molar-refractivity contribution in [3.8, 4) is 5.75 Å².